The predicted molar refractivity (Wildman–Crippen MR) is 114 cm³/mol. The molecule has 2 aliphatic heterocycles. The third kappa shape index (κ3) is 4.17. The number of nitrogens with two attached hydrogens (primary N) is 1. The highest BCUT2D eigenvalue weighted by molar-refractivity contribution is 5.91. The Balaban J connectivity index is 1.52. The van der Waals surface area contributed by atoms with Crippen molar-refractivity contribution in [2.24, 2.45) is 16.8 Å². The van der Waals surface area contributed by atoms with E-state index >= 15 is 0 Å². The fourth-order valence-corrected chi connectivity index (χ4v) is 4.53. The van der Waals surface area contributed by atoms with Gasteiger partial charge in [0.2, 0.25) is 5.91 Å². The third-order valence-electron chi connectivity index (χ3n) is 6.03. The molecule has 1 saturated heterocycles. The van der Waals surface area contributed by atoms with E-state index in [0.717, 1.165) is 6.07 Å². The zero-order chi connectivity index (χ0) is 23.0. The fourth-order valence-electron chi connectivity index (χ4n) is 4.53. The molecule has 168 valence electrons. The summed E-state index contributed by atoms with van der Waals surface area (Å²) in [4.78, 5) is 35.0. The first kappa shape index (κ1) is 21.8. The Morgan fingerprint density at radius 2 is 1.84 bits per heavy atom. The molecule has 1 fully saturated rings. The van der Waals surface area contributed by atoms with Crippen molar-refractivity contribution in [3.8, 4) is 0 Å². The van der Waals surface area contributed by atoms with Crippen LogP contribution in [-0.4, -0.2) is 45.1 Å². The number of primary amides is 1. The molecule has 4 rings (SSSR count). The van der Waals surface area contributed by atoms with Crippen LogP contribution in [0.4, 0.5) is 14.6 Å². The number of rotatable bonds is 4. The van der Waals surface area contributed by atoms with E-state index in [1.165, 1.54) is 23.5 Å². The number of hydrogen-bond acceptors (Lipinski definition) is 6. The van der Waals surface area contributed by atoms with Crippen LogP contribution in [0, 0.1) is 17.6 Å². The van der Waals surface area contributed by atoms with Crippen molar-refractivity contribution in [2.75, 3.05) is 11.4 Å². The Labute approximate surface area is 184 Å². The van der Waals surface area contributed by atoms with E-state index in [-0.39, 0.29) is 17.5 Å². The number of carbonyl (C=O) groups is 2. The molecule has 3 heterocycles. The van der Waals surface area contributed by atoms with Gasteiger partial charge in [-0.3, -0.25) is 9.59 Å². The van der Waals surface area contributed by atoms with Crippen LogP contribution < -0.4 is 10.6 Å². The minimum atomic E-state index is -0.686. The lowest BCUT2D eigenvalue weighted by molar-refractivity contribution is -0.138. The molecule has 1 aromatic heterocycles. The fraction of sp³-hybridized carbons (Fsp3) is 0.409. The molecular formula is C22H24F2N6O2. The van der Waals surface area contributed by atoms with Crippen molar-refractivity contribution in [3.05, 3.63) is 53.5 Å². The lowest BCUT2D eigenvalue weighted by atomic mass is 9.81. The average Bonchev–Trinajstić information content (AvgIpc) is 3.21. The Bertz CT molecular complexity index is 1070. The number of carbonyl (C=O) groups excluding carboxylic acids is 2. The van der Waals surface area contributed by atoms with Gasteiger partial charge in [0, 0.05) is 42.8 Å². The first-order valence-corrected chi connectivity index (χ1v) is 10.4. The number of aromatic nitrogens is 2. The zero-order valence-electron chi connectivity index (χ0n) is 17.8. The summed E-state index contributed by atoms with van der Waals surface area (Å²) in [5, 5.41) is 5.56. The van der Waals surface area contributed by atoms with Gasteiger partial charge in [-0.1, -0.05) is 0 Å². The Morgan fingerprint density at radius 1 is 1.12 bits per heavy atom. The van der Waals surface area contributed by atoms with Crippen LogP contribution in [0.25, 0.3) is 0 Å². The first-order chi connectivity index (χ1) is 15.2. The summed E-state index contributed by atoms with van der Waals surface area (Å²) in [7, 11) is 0. The summed E-state index contributed by atoms with van der Waals surface area (Å²) < 4.78 is 27.4. The maximum absolute atomic E-state index is 13.7. The minimum Gasteiger partial charge on any atom is -0.364 e. The van der Waals surface area contributed by atoms with Gasteiger partial charge in [0.1, 0.15) is 29.5 Å². The normalized spacial score (nSPS) is 22.2. The van der Waals surface area contributed by atoms with Crippen LogP contribution in [0.5, 0.6) is 0 Å². The standard InChI is InChI=1S/C22H24F2N6O2/c1-22(2)11-13(4-6-29(22)19-10-17(20(25)31)26-12-27-19)21(32)30-18(3-5-28-30)14-7-15(23)9-16(24)8-14/h5,7-10,12-13,18H,3-4,6,11H2,1-2H3,(H2,25,31)/t13-,18+/m0/s1. The molecule has 2 amide bonds. The van der Waals surface area contributed by atoms with Crippen LogP contribution in [0.3, 0.4) is 0 Å². The second-order valence-electron chi connectivity index (χ2n) is 8.71. The van der Waals surface area contributed by atoms with Crippen molar-refractivity contribution < 1.29 is 18.4 Å². The molecule has 1 aromatic carbocycles. The number of nitrogens with zero attached hydrogens (tertiary/aromatic N) is 5. The molecule has 8 nitrogen and oxygen atoms in total. The van der Waals surface area contributed by atoms with Crippen molar-refractivity contribution in [3.63, 3.8) is 0 Å². The zero-order valence-corrected chi connectivity index (χ0v) is 17.8. The lowest BCUT2D eigenvalue weighted by Gasteiger charge is -2.46. The summed E-state index contributed by atoms with van der Waals surface area (Å²) in [5.41, 5.74) is 5.39. The van der Waals surface area contributed by atoms with E-state index in [9.17, 15) is 18.4 Å². The lowest BCUT2D eigenvalue weighted by Crippen LogP contribution is -2.53. The molecule has 2 atom stereocenters. The SMILES string of the molecule is CC1(C)C[C@@H](C(=O)N2N=CC[C@@H]2c2cc(F)cc(F)c2)CCN1c1cc(C(N)=O)ncn1. The van der Waals surface area contributed by atoms with Crippen LogP contribution in [0.1, 0.15) is 55.2 Å². The molecule has 0 aliphatic carbocycles. The molecule has 2 aromatic rings. The minimum absolute atomic E-state index is 0.126. The highest BCUT2D eigenvalue weighted by atomic mass is 19.1. The molecule has 0 spiro atoms. The van der Waals surface area contributed by atoms with E-state index in [4.69, 9.17) is 5.73 Å². The Kier molecular flexibility index (Phi) is 5.62. The van der Waals surface area contributed by atoms with Crippen molar-refractivity contribution in [1.82, 2.24) is 15.0 Å². The van der Waals surface area contributed by atoms with Crippen LogP contribution in [0.2, 0.25) is 0 Å². The topological polar surface area (TPSA) is 105 Å². The molecule has 32 heavy (non-hydrogen) atoms. The van der Waals surface area contributed by atoms with Crippen LogP contribution >= 0.6 is 0 Å². The van der Waals surface area contributed by atoms with E-state index in [2.05, 4.69) is 15.1 Å². The highest BCUT2D eigenvalue weighted by Crippen LogP contribution is 2.38. The highest BCUT2D eigenvalue weighted by Gasteiger charge is 2.42. The number of piperidine rings is 1. The Hall–Kier alpha value is -3.43. The molecule has 2 aliphatic rings. The molecule has 10 heteroatoms. The molecule has 0 saturated carbocycles. The summed E-state index contributed by atoms with van der Waals surface area (Å²) in [5.74, 6) is -1.94. The third-order valence-corrected chi connectivity index (χ3v) is 6.03. The molecule has 0 unspecified atom stereocenters. The summed E-state index contributed by atoms with van der Waals surface area (Å²) in [6.07, 6.45) is 4.34. The van der Waals surface area contributed by atoms with Gasteiger partial charge in [-0.2, -0.15) is 5.10 Å². The molecule has 0 radical (unpaired) electrons. The molecule has 2 N–H and O–H groups in total. The van der Waals surface area contributed by atoms with E-state index in [0.29, 0.717) is 37.2 Å². The summed E-state index contributed by atoms with van der Waals surface area (Å²) in [6.45, 7) is 4.51. The summed E-state index contributed by atoms with van der Waals surface area (Å²) >= 11 is 0. The number of halogens is 2. The maximum atomic E-state index is 13.7. The van der Waals surface area contributed by atoms with E-state index in [1.807, 2.05) is 18.7 Å². The van der Waals surface area contributed by atoms with Gasteiger partial charge in [-0.25, -0.2) is 23.8 Å². The number of anilines is 1. The van der Waals surface area contributed by atoms with E-state index in [1.54, 1.807) is 12.3 Å². The van der Waals surface area contributed by atoms with Gasteiger partial charge in [-0.15, -0.1) is 0 Å². The monoisotopic (exact) mass is 442 g/mol. The predicted octanol–water partition coefficient (Wildman–Crippen LogP) is 2.81. The summed E-state index contributed by atoms with van der Waals surface area (Å²) in [6, 6.07) is 4.29. The second kappa shape index (κ2) is 8.25. The van der Waals surface area contributed by atoms with Crippen molar-refractivity contribution in [1.29, 1.82) is 0 Å². The van der Waals surface area contributed by atoms with E-state index < -0.39 is 29.1 Å². The van der Waals surface area contributed by atoms with Gasteiger partial charge in [0.05, 0.1) is 6.04 Å². The molecular weight excluding hydrogens is 418 g/mol. The average molecular weight is 442 g/mol. The van der Waals surface area contributed by atoms with Gasteiger partial charge < -0.3 is 10.6 Å². The largest absolute Gasteiger partial charge is 0.364 e. The van der Waals surface area contributed by atoms with Crippen LogP contribution in [0.15, 0.2) is 35.7 Å². The van der Waals surface area contributed by atoms with Crippen LogP contribution in [-0.2, 0) is 4.79 Å². The smallest absolute Gasteiger partial charge is 0.267 e. The second-order valence-corrected chi connectivity index (χ2v) is 8.71. The number of benzene rings is 1. The van der Waals surface area contributed by atoms with Gasteiger partial charge in [0.25, 0.3) is 5.91 Å². The molecule has 0 bridgehead atoms. The van der Waals surface area contributed by atoms with Crippen molar-refractivity contribution >= 4 is 23.8 Å². The quantitative estimate of drug-likeness (QED) is 0.784. The Morgan fingerprint density at radius 3 is 2.50 bits per heavy atom. The maximum Gasteiger partial charge on any atom is 0.267 e. The van der Waals surface area contributed by atoms with Crippen molar-refractivity contribution in [2.45, 2.75) is 44.7 Å². The number of hydrogen-bond donors (Lipinski definition) is 1. The number of hydrazone groups is 1. The first-order valence-electron chi connectivity index (χ1n) is 10.4. The number of amides is 2. The van der Waals surface area contributed by atoms with Gasteiger partial charge in [0.15, 0.2) is 0 Å². The van der Waals surface area contributed by atoms with Gasteiger partial charge >= 0.3 is 0 Å². The van der Waals surface area contributed by atoms with Gasteiger partial charge in [-0.05, 0) is 44.4 Å².